The van der Waals surface area contributed by atoms with Crippen molar-refractivity contribution in [3.63, 3.8) is 0 Å². The van der Waals surface area contributed by atoms with Gasteiger partial charge in [-0.2, -0.15) is 0 Å². The van der Waals surface area contributed by atoms with Crippen LogP contribution in [0, 0.1) is 0 Å². The quantitative estimate of drug-likeness (QED) is 0.699. The molecular formula is C19H17NO5. The number of benzene rings is 2. The number of fused-ring (bicyclic) bond motifs is 1. The van der Waals surface area contributed by atoms with E-state index in [2.05, 4.69) is 10.1 Å². The first kappa shape index (κ1) is 16.6. The molecule has 6 heteroatoms. The summed E-state index contributed by atoms with van der Waals surface area (Å²) in [5, 5.41) is 4.51. The highest BCUT2D eigenvalue weighted by atomic mass is 16.5. The standard InChI is InChI=1S/C19H17NO5/c1-23-18(21)11-20-19(22)17-10-9-14(25-17)12-24-16-8-4-6-13-5-2-3-7-15(13)16/h2-10H,11-12H2,1H3,(H,20,22). The number of hydrogen-bond acceptors (Lipinski definition) is 5. The van der Waals surface area contributed by atoms with Crippen LogP contribution in [0.1, 0.15) is 16.3 Å². The van der Waals surface area contributed by atoms with E-state index >= 15 is 0 Å². The zero-order chi connectivity index (χ0) is 17.6. The fourth-order valence-corrected chi connectivity index (χ4v) is 2.36. The zero-order valence-corrected chi connectivity index (χ0v) is 13.7. The minimum Gasteiger partial charge on any atom is -0.485 e. The van der Waals surface area contributed by atoms with E-state index in [-0.39, 0.29) is 18.9 Å². The van der Waals surface area contributed by atoms with Crippen molar-refractivity contribution in [1.82, 2.24) is 5.32 Å². The largest absolute Gasteiger partial charge is 0.485 e. The summed E-state index contributed by atoms with van der Waals surface area (Å²) < 4.78 is 15.7. The van der Waals surface area contributed by atoms with Gasteiger partial charge in [-0.1, -0.05) is 36.4 Å². The van der Waals surface area contributed by atoms with E-state index in [1.54, 1.807) is 6.07 Å². The summed E-state index contributed by atoms with van der Waals surface area (Å²) in [6.45, 7) is -0.0177. The minimum atomic E-state index is -0.528. The summed E-state index contributed by atoms with van der Waals surface area (Å²) >= 11 is 0. The summed E-state index contributed by atoms with van der Waals surface area (Å²) in [5.41, 5.74) is 0. The lowest BCUT2D eigenvalue weighted by Gasteiger charge is -2.08. The molecule has 0 radical (unpaired) electrons. The number of methoxy groups -OCH3 is 1. The summed E-state index contributed by atoms with van der Waals surface area (Å²) in [6, 6.07) is 16.9. The van der Waals surface area contributed by atoms with Gasteiger partial charge in [-0.15, -0.1) is 0 Å². The van der Waals surface area contributed by atoms with E-state index in [1.807, 2.05) is 42.5 Å². The highest BCUT2D eigenvalue weighted by Crippen LogP contribution is 2.26. The van der Waals surface area contributed by atoms with Crippen LogP contribution in [0.4, 0.5) is 0 Å². The summed E-state index contributed by atoms with van der Waals surface area (Å²) in [7, 11) is 1.25. The molecule has 2 aromatic carbocycles. The summed E-state index contributed by atoms with van der Waals surface area (Å²) in [6.07, 6.45) is 0. The fraction of sp³-hybridized carbons (Fsp3) is 0.158. The number of esters is 1. The van der Waals surface area contributed by atoms with E-state index in [9.17, 15) is 9.59 Å². The van der Waals surface area contributed by atoms with Crippen LogP contribution in [-0.2, 0) is 16.1 Å². The Balaban J connectivity index is 1.63. The molecule has 25 heavy (non-hydrogen) atoms. The lowest BCUT2D eigenvalue weighted by Crippen LogP contribution is -2.29. The van der Waals surface area contributed by atoms with Gasteiger partial charge in [0.15, 0.2) is 5.76 Å². The Kier molecular flexibility index (Phi) is 4.99. The Bertz CT molecular complexity index is 894. The predicted molar refractivity (Wildman–Crippen MR) is 91.3 cm³/mol. The average Bonchev–Trinajstić information content (AvgIpc) is 3.13. The first-order valence-corrected chi connectivity index (χ1v) is 7.71. The van der Waals surface area contributed by atoms with Gasteiger partial charge in [0.2, 0.25) is 0 Å². The third-order valence-electron chi connectivity index (χ3n) is 3.63. The van der Waals surface area contributed by atoms with Crippen molar-refractivity contribution in [3.8, 4) is 5.75 Å². The van der Waals surface area contributed by atoms with Gasteiger partial charge in [-0.05, 0) is 23.6 Å². The van der Waals surface area contributed by atoms with Gasteiger partial charge in [0.1, 0.15) is 24.7 Å². The first-order valence-electron chi connectivity index (χ1n) is 7.71. The Labute approximate surface area is 144 Å². The Morgan fingerprint density at radius 3 is 2.68 bits per heavy atom. The number of amides is 1. The van der Waals surface area contributed by atoms with Gasteiger partial charge in [-0.25, -0.2) is 0 Å². The number of rotatable bonds is 6. The maximum atomic E-state index is 11.9. The fourth-order valence-electron chi connectivity index (χ4n) is 2.36. The van der Waals surface area contributed by atoms with Crippen LogP contribution < -0.4 is 10.1 Å². The second-order valence-electron chi connectivity index (χ2n) is 5.29. The van der Waals surface area contributed by atoms with E-state index in [0.29, 0.717) is 5.76 Å². The molecule has 1 amide bonds. The van der Waals surface area contributed by atoms with Crippen molar-refractivity contribution >= 4 is 22.6 Å². The van der Waals surface area contributed by atoms with Crippen LogP contribution in [0.5, 0.6) is 5.75 Å². The third-order valence-corrected chi connectivity index (χ3v) is 3.63. The van der Waals surface area contributed by atoms with Gasteiger partial charge in [0.05, 0.1) is 7.11 Å². The van der Waals surface area contributed by atoms with E-state index in [4.69, 9.17) is 9.15 Å². The number of furan rings is 1. The molecule has 3 aromatic rings. The zero-order valence-electron chi connectivity index (χ0n) is 13.7. The molecule has 0 unspecified atom stereocenters. The molecule has 0 saturated carbocycles. The highest BCUT2D eigenvalue weighted by Gasteiger charge is 2.13. The minimum absolute atomic E-state index is 0.112. The summed E-state index contributed by atoms with van der Waals surface area (Å²) in [5.74, 6) is 0.351. The maximum Gasteiger partial charge on any atom is 0.325 e. The number of nitrogens with one attached hydrogen (secondary N) is 1. The van der Waals surface area contributed by atoms with E-state index in [1.165, 1.54) is 13.2 Å². The molecule has 128 valence electrons. The highest BCUT2D eigenvalue weighted by molar-refractivity contribution is 5.93. The van der Waals surface area contributed by atoms with Crippen LogP contribution in [0.25, 0.3) is 10.8 Å². The molecule has 0 aliphatic rings. The van der Waals surface area contributed by atoms with Crippen molar-refractivity contribution in [1.29, 1.82) is 0 Å². The number of ether oxygens (including phenoxy) is 2. The van der Waals surface area contributed by atoms with Crippen LogP contribution in [0.3, 0.4) is 0 Å². The number of hydrogen-bond donors (Lipinski definition) is 1. The first-order chi connectivity index (χ1) is 12.2. The smallest absolute Gasteiger partial charge is 0.325 e. The number of carbonyl (C=O) groups excluding carboxylic acids is 2. The van der Waals surface area contributed by atoms with Gasteiger partial charge in [0.25, 0.3) is 5.91 Å². The molecule has 0 saturated heterocycles. The topological polar surface area (TPSA) is 77.8 Å². The Morgan fingerprint density at radius 1 is 1.04 bits per heavy atom. The molecule has 1 aromatic heterocycles. The molecule has 0 fully saturated rings. The molecular weight excluding hydrogens is 322 g/mol. The number of carbonyl (C=O) groups is 2. The lowest BCUT2D eigenvalue weighted by molar-refractivity contribution is -0.139. The van der Waals surface area contributed by atoms with Crippen LogP contribution >= 0.6 is 0 Å². The normalized spacial score (nSPS) is 10.4. The molecule has 0 aliphatic carbocycles. The molecule has 0 aliphatic heterocycles. The SMILES string of the molecule is COC(=O)CNC(=O)c1ccc(COc2cccc3ccccc23)o1. The Morgan fingerprint density at radius 2 is 1.84 bits per heavy atom. The average molecular weight is 339 g/mol. The molecule has 1 heterocycles. The predicted octanol–water partition coefficient (Wildman–Crippen LogP) is 2.91. The van der Waals surface area contributed by atoms with Crippen LogP contribution in [0.2, 0.25) is 0 Å². The van der Waals surface area contributed by atoms with Gasteiger partial charge >= 0.3 is 5.97 Å². The van der Waals surface area contributed by atoms with Crippen molar-refractivity contribution in [2.45, 2.75) is 6.61 Å². The van der Waals surface area contributed by atoms with Crippen molar-refractivity contribution < 1.29 is 23.5 Å². The molecule has 3 rings (SSSR count). The Hall–Kier alpha value is -3.28. The second-order valence-corrected chi connectivity index (χ2v) is 5.29. The molecule has 0 bridgehead atoms. The molecule has 1 N–H and O–H groups in total. The third kappa shape index (κ3) is 3.98. The van der Waals surface area contributed by atoms with Crippen LogP contribution in [-0.4, -0.2) is 25.5 Å². The van der Waals surface area contributed by atoms with Gasteiger partial charge < -0.3 is 19.2 Å². The van der Waals surface area contributed by atoms with Crippen molar-refractivity contribution in [2.24, 2.45) is 0 Å². The van der Waals surface area contributed by atoms with Crippen LogP contribution in [0.15, 0.2) is 59.0 Å². The van der Waals surface area contributed by atoms with E-state index in [0.717, 1.165) is 16.5 Å². The molecule has 0 spiro atoms. The molecule has 6 nitrogen and oxygen atoms in total. The van der Waals surface area contributed by atoms with Gasteiger partial charge in [0, 0.05) is 5.39 Å². The van der Waals surface area contributed by atoms with Crippen molar-refractivity contribution in [2.75, 3.05) is 13.7 Å². The maximum absolute atomic E-state index is 11.9. The van der Waals surface area contributed by atoms with E-state index < -0.39 is 11.9 Å². The second kappa shape index (κ2) is 7.53. The lowest BCUT2D eigenvalue weighted by atomic mass is 10.1. The van der Waals surface area contributed by atoms with Gasteiger partial charge in [-0.3, -0.25) is 9.59 Å². The van der Waals surface area contributed by atoms with Crippen molar-refractivity contribution in [3.05, 3.63) is 66.1 Å². The molecule has 0 atom stereocenters. The summed E-state index contributed by atoms with van der Waals surface area (Å²) in [4.78, 5) is 22.9. The monoisotopic (exact) mass is 339 g/mol.